The molecule has 0 unspecified atom stereocenters. The SMILES string of the molecule is CCC(C)(C)NC(=O)c1ccc(NCC(=O)Nc2cc(C)c(Cl)cc2OC)cc1. The molecule has 0 aliphatic carbocycles. The van der Waals surface area contributed by atoms with Gasteiger partial charge < -0.3 is 20.7 Å². The fraction of sp³-hybridized carbons (Fsp3) is 0.364. The minimum absolute atomic E-state index is 0.0687. The molecule has 2 aromatic rings. The first-order valence-electron chi connectivity index (χ1n) is 9.45. The van der Waals surface area contributed by atoms with Crippen molar-refractivity contribution in [1.82, 2.24) is 5.32 Å². The minimum atomic E-state index is -0.257. The van der Waals surface area contributed by atoms with Gasteiger partial charge in [-0.2, -0.15) is 0 Å². The number of carbonyl (C=O) groups excluding carboxylic acids is 2. The molecule has 0 aliphatic rings. The van der Waals surface area contributed by atoms with Crippen LogP contribution in [0, 0.1) is 6.92 Å². The molecule has 0 saturated carbocycles. The molecule has 0 saturated heterocycles. The molecule has 7 heteroatoms. The van der Waals surface area contributed by atoms with Crippen LogP contribution in [0.25, 0.3) is 0 Å². The molecule has 0 fully saturated rings. The summed E-state index contributed by atoms with van der Waals surface area (Å²) in [6.07, 6.45) is 0.839. The standard InChI is InChI=1S/C22H28ClN3O3/c1-6-22(3,4)26-21(28)15-7-9-16(10-8-15)24-13-20(27)25-18-11-14(2)17(23)12-19(18)29-5/h7-12,24H,6,13H2,1-5H3,(H,25,27)(H,26,28). The highest BCUT2D eigenvalue weighted by molar-refractivity contribution is 6.31. The zero-order valence-corrected chi connectivity index (χ0v) is 18.2. The van der Waals surface area contributed by atoms with Gasteiger partial charge >= 0.3 is 0 Å². The van der Waals surface area contributed by atoms with Crippen molar-refractivity contribution in [3.05, 3.63) is 52.5 Å². The van der Waals surface area contributed by atoms with Gasteiger partial charge in [-0.25, -0.2) is 0 Å². The van der Waals surface area contributed by atoms with E-state index >= 15 is 0 Å². The van der Waals surface area contributed by atoms with Gasteiger partial charge in [-0.3, -0.25) is 9.59 Å². The van der Waals surface area contributed by atoms with Gasteiger partial charge in [0, 0.05) is 27.9 Å². The third-order valence-electron chi connectivity index (χ3n) is 4.69. The molecule has 0 heterocycles. The van der Waals surface area contributed by atoms with Gasteiger partial charge in [0.2, 0.25) is 5.91 Å². The number of nitrogens with one attached hydrogen (secondary N) is 3. The van der Waals surface area contributed by atoms with Crippen LogP contribution in [-0.4, -0.2) is 31.0 Å². The van der Waals surface area contributed by atoms with Gasteiger partial charge in [-0.1, -0.05) is 18.5 Å². The maximum Gasteiger partial charge on any atom is 0.251 e. The Balaban J connectivity index is 1.94. The smallest absolute Gasteiger partial charge is 0.251 e. The number of anilines is 2. The van der Waals surface area contributed by atoms with E-state index in [0.29, 0.717) is 22.0 Å². The monoisotopic (exact) mass is 417 g/mol. The van der Waals surface area contributed by atoms with Crippen molar-refractivity contribution in [2.24, 2.45) is 0 Å². The van der Waals surface area contributed by atoms with Gasteiger partial charge in [0.15, 0.2) is 0 Å². The number of carbonyl (C=O) groups is 2. The van der Waals surface area contributed by atoms with Crippen LogP contribution in [0.2, 0.25) is 5.02 Å². The van der Waals surface area contributed by atoms with Crippen molar-refractivity contribution in [2.45, 2.75) is 39.7 Å². The normalized spacial score (nSPS) is 11.0. The van der Waals surface area contributed by atoms with E-state index in [1.165, 1.54) is 7.11 Å². The van der Waals surface area contributed by atoms with E-state index < -0.39 is 0 Å². The fourth-order valence-corrected chi connectivity index (χ4v) is 2.67. The maximum atomic E-state index is 12.3. The van der Waals surface area contributed by atoms with Crippen molar-refractivity contribution < 1.29 is 14.3 Å². The number of hydrogen-bond acceptors (Lipinski definition) is 4. The first-order chi connectivity index (χ1) is 13.6. The Kier molecular flexibility index (Phi) is 7.51. The average molecular weight is 418 g/mol. The van der Waals surface area contributed by atoms with Crippen molar-refractivity contribution >= 4 is 34.8 Å². The van der Waals surface area contributed by atoms with E-state index in [9.17, 15) is 9.59 Å². The molecular formula is C22H28ClN3O3. The van der Waals surface area contributed by atoms with Crippen LogP contribution < -0.4 is 20.7 Å². The lowest BCUT2D eigenvalue weighted by molar-refractivity contribution is -0.114. The zero-order chi connectivity index (χ0) is 21.6. The number of amides is 2. The molecule has 156 valence electrons. The number of hydrogen-bond donors (Lipinski definition) is 3. The number of aryl methyl sites for hydroxylation is 1. The second kappa shape index (κ2) is 9.65. The van der Waals surface area contributed by atoms with Crippen molar-refractivity contribution in [3.63, 3.8) is 0 Å². The van der Waals surface area contributed by atoms with Gasteiger partial charge in [-0.15, -0.1) is 0 Å². The van der Waals surface area contributed by atoms with Crippen LogP contribution in [0.4, 0.5) is 11.4 Å². The number of halogens is 1. The summed E-state index contributed by atoms with van der Waals surface area (Å²) in [4.78, 5) is 24.6. The second-order valence-electron chi connectivity index (χ2n) is 7.47. The van der Waals surface area contributed by atoms with Gasteiger partial charge in [-0.05, 0) is 63.1 Å². The molecule has 2 amide bonds. The van der Waals surface area contributed by atoms with Gasteiger partial charge in [0.1, 0.15) is 5.75 Å². The summed E-state index contributed by atoms with van der Waals surface area (Å²) in [5.74, 6) is 0.155. The number of methoxy groups -OCH3 is 1. The van der Waals surface area contributed by atoms with E-state index in [-0.39, 0.29) is 23.9 Å². The summed E-state index contributed by atoms with van der Waals surface area (Å²) in [6, 6.07) is 10.4. The Morgan fingerprint density at radius 1 is 1.14 bits per heavy atom. The van der Waals surface area contributed by atoms with E-state index in [4.69, 9.17) is 16.3 Å². The summed E-state index contributed by atoms with van der Waals surface area (Å²) in [5, 5.41) is 9.42. The van der Waals surface area contributed by atoms with Crippen molar-refractivity contribution in [2.75, 3.05) is 24.3 Å². The third-order valence-corrected chi connectivity index (χ3v) is 5.10. The van der Waals surface area contributed by atoms with Crippen LogP contribution in [0.3, 0.4) is 0 Å². The van der Waals surface area contributed by atoms with E-state index in [0.717, 1.165) is 17.7 Å². The van der Waals surface area contributed by atoms with E-state index in [1.54, 1.807) is 36.4 Å². The summed E-state index contributed by atoms with van der Waals surface area (Å²) in [5.41, 5.74) is 2.46. The fourth-order valence-electron chi connectivity index (χ4n) is 2.51. The molecule has 2 aromatic carbocycles. The highest BCUT2D eigenvalue weighted by Crippen LogP contribution is 2.30. The molecule has 6 nitrogen and oxygen atoms in total. The van der Waals surface area contributed by atoms with Crippen molar-refractivity contribution in [1.29, 1.82) is 0 Å². The van der Waals surface area contributed by atoms with Crippen LogP contribution in [0.1, 0.15) is 43.1 Å². The first-order valence-corrected chi connectivity index (χ1v) is 9.83. The molecule has 0 bridgehead atoms. The largest absolute Gasteiger partial charge is 0.495 e. The van der Waals surface area contributed by atoms with Crippen LogP contribution in [-0.2, 0) is 4.79 Å². The summed E-state index contributed by atoms with van der Waals surface area (Å²) in [6.45, 7) is 7.92. The average Bonchev–Trinajstić information content (AvgIpc) is 2.69. The van der Waals surface area contributed by atoms with E-state index in [2.05, 4.69) is 16.0 Å². The quantitative estimate of drug-likeness (QED) is 0.585. The van der Waals surface area contributed by atoms with E-state index in [1.807, 2.05) is 27.7 Å². The Hall–Kier alpha value is -2.73. The Bertz CT molecular complexity index is 880. The first kappa shape index (κ1) is 22.6. The predicted octanol–water partition coefficient (Wildman–Crippen LogP) is 4.63. The second-order valence-corrected chi connectivity index (χ2v) is 7.88. The summed E-state index contributed by atoms with van der Waals surface area (Å²) >= 11 is 6.09. The molecular weight excluding hydrogens is 390 g/mol. The summed E-state index contributed by atoms with van der Waals surface area (Å²) in [7, 11) is 1.52. The minimum Gasteiger partial charge on any atom is -0.495 e. The Labute approximate surface area is 177 Å². The number of rotatable bonds is 8. The highest BCUT2D eigenvalue weighted by Gasteiger charge is 2.18. The van der Waals surface area contributed by atoms with Crippen LogP contribution in [0.15, 0.2) is 36.4 Å². The lowest BCUT2D eigenvalue weighted by Gasteiger charge is -2.24. The Morgan fingerprint density at radius 3 is 2.38 bits per heavy atom. The van der Waals surface area contributed by atoms with Crippen LogP contribution in [0.5, 0.6) is 5.75 Å². The van der Waals surface area contributed by atoms with Crippen LogP contribution >= 0.6 is 11.6 Å². The molecule has 3 N–H and O–H groups in total. The lowest BCUT2D eigenvalue weighted by Crippen LogP contribution is -2.42. The molecule has 0 aromatic heterocycles. The molecule has 0 radical (unpaired) electrons. The molecule has 29 heavy (non-hydrogen) atoms. The molecule has 0 atom stereocenters. The van der Waals surface area contributed by atoms with Gasteiger partial charge in [0.25, 0.3) is 5.91 Å². The summed E-state index contributed by atoms with van der Waals surface area (Å²) < 4.78 is 5.27. The van der Waals surface area contributed by atoms with Gasteiger partial charge in [0.05, 0.1) is 19.3 Å². The highest BCUT2D eigenvalue weighted by atomic mass is 35.5. The number of ether oxygens (including phenoxy) is 1. The number of benzene rings is 2. The lowest BCUT2D eigenvalue weighted by atomic mass is 10.0. The Morgan fingerprint density at radius 2 is 1.79 bits per heavy atom. The maximum absolute atomic E-state index is 12.3. The molecule has 0 spiro atoms. The topological polar surface area (TPSA) is 79.5 Å². The zero-order valence-electron chi connectivity index (χ0n) is 17.5. The van der Waals surface area contributed by atoms with Crippen molar-refractivity contribution in [3.8, 4) is 5.75 Å². The third kappa shape index (κ3) is 6.39. The molecule has 2 rings (SSSR count). The molecule has 0 aliphatic heterocycles. The predicted molar refractivity (Wildman–Crippen MR) is 118 cm³/mol.